The summed E-state index contributed by atoms with van der Waals surface area (Å²) in [5.41, 5.74) is 1.65. The average Bonchev–Trinajstić information content (AvgIpc) is 2.84. The first-order chi connectivity index (χ1) is 15.4. The summed E-state index contributed by atoms with van der Waals surface area (Å²) in [7, 11) is -0.673. The van der Waals surface area contributed by atoms with Crippen molar-refractivity contribution in [2.45, 2.75) is 4.90 Å². The van der Waals surface area contributed by atoms with Crippen LogP contribution in [0.3, 0.4) is 0 Å². The first-order valence-corrected chi connectivity index (χ1v) is 11.8. The lowest BCUT2D eigenvalue weighted by atomic mass is 10.1. The highest BCUT2D eigenvalue weighted by atomic mass is 35.5. The molecule has 0 radical (unpaired) electrons. The van der Waals surface area contributed by atoms with Crippen molar-refractivity contribution in [1.82, 2.24) is 14.5 Å². The van der Waals surface area contributed by atoms with Crippen molar-refractivity contribution in [3.8, 4) is 22.8 Å². The minimum absolute atomic E-state index is 0.0726. The molecule has 1 saturated heterocycles. The van der Waals surface area contributed by atoms with E-state index in [4.69, 9.17) is 21.1 Å². The molecule has 0 N–H and O–H groups in total. The van der Waals surface area contributed by atoms with E-state index < -0.39 is 10.0 Å². The first-order valence-electron chi connectivity index (χ1n) is 9.99. The monoisotopic (exact) mass is 474 g/mol. The molecule has 1 aliphatic heterocycles. The maximum absolute atomic E-state index is 13.1. The number of ether oxygens (including phenoxy) is 2. The third kappa shape index (κ3) is 4.50. The Morgan fingerprint density at radius 1 is 0.906 bits per heavy atom. The standard InChI is InChI=1S/C22H23ClN4O4S/c1-30-18-5-3-4-16(14-18)19-7-9-22(25-24-19)26-10-12-27(13-11-26)32(28,29)21-15-17(23)6-8-20(21)31-2/h3-9,14-15H,10-13H2,1-2H3. The number of aromatic nitrogens is 2. The molecular weight excluding hydrogens is 452 g/mol. The molecule has 2 aromatic carbocycles. The summed E-state index contributed by atoms with van der Waals surface area (Å²) in [6.45, 7) is 1.62. The molecule has 0 unspecified atom stereocenters. The van der Waals surface area contributed by atoms with Crippen LogP contribution in [0.5, 0.6) is 11.5 Å². The van der Waals surface area contributed by atoms with Gasteiger partial charge in [-0.05, 0) is 42.5 Å². The number of halogens is 1. The van der Waals surface area contributed by atoms with E-state index >= 15 is 0 Å². The van der Waals surface area contributed by atoms with E-state index in [-0.39, 0.29) is 10.6 Å². The Hall–Kier alpha value is -2.88. The molecule has 168 valence electrons. The number of nitrogens with zero attached hydrogens (tertiary/aromatic N) is 4. The molecule has 4 rings (SSSR count). The van der Waals surface area contributed by atoms with Gasteiger partial charge in [-0.1, -0.05) is 23.7 Å². The number of piperazine rings is 1. The second kappa shape index (κ2) is 9.32. The maximum Gasteiger partial charge on any atom is 0.246 e. The molecule has 0 spiro atoms. The number of sulfonamides is 1. The number of benzene rings is 2. The molecule has 0 amide bonds. The normalized spacial score (nSPS) is 14.9. The highest BCUT2D eigenvalue weighted by Crippen LogP contribution is 2.30. The third-order valence-corrected chi connectivity index (χ3v) is 7.48. The Balaban J connectivity index is 1.46. The predicted octanol–water partition coefficient (Wildman–Crippen LogP) is 3.33. The van der Waals surface area contributed by atoms with Gasteiger partial charge >= 0.3 is 0 Å². The molecule has 0 atom stereocenters. The minimum atomic E-state index is -3.73. The topological polar surface area (TPSA) is 84.9 Å². The van der Waals surface area contributed by atoms with Crippen LogP contribution in [0, 0.1) is 0 Å². The molecule has 32 heavy (non-hydrogen) atoms. The number of hydrogen-bond donors (Lipinski definition) is 0. The van der Waals surface area contributed by atoms with Gasteiger partial charge in [-0.2, -0.15) is 4.31 Å². The zero-order chi connectivity index (χ0) is 22.7. The van der Waals surface area contributed by atoms with E-state index in [1.165, 1.54) is 17.5 Å². The molecule has 0 aliphatic carbocycles. The summed E-state index contributed by atoms with van der Waals surface area (Å²) in [5, 5.41) is 9.03. The van der Waals surface area contributed by atoms with Crippen molar-refractivity contribution in [3.63, 3.8) is 0 Å². The summed E-state index contributed by atoms with van der Waals surface area (Å²) >= 11 is 6.03. The zero-order valence-electron chi connectivity index (χ0n) is 17.7. The SMILES string of the molecule is COc1cccc(-c2ccc(N3CCN(S(=O)(=O)c4cc(Cl)ccc4OC)CC3)nn2)c1. The minimum Gasteiger partial charge on any atom is -0.497 e. The molecule has 2 heterocycles. The van der Waals surface area contributed by atoms with Crippen LogP contribution in [0.25, 0.3) is 11.3 Å². The molecule has 0 bridgehead atoms. The molecule has 8 nitrogen and oxygen atoms in total. The summed E-state index contributed by atoms with van der Waals surface area (Å²) in [4.78, 5) is 2.09. The highest BCUT2D eigenvalue weighted by Gasteiger charge is 2.31. The van der Waals surface area contributed by atoms with E-state index in [1.54, 1.807) is 19.2 Å². The zero-order valence-corrected chi connectivity index (χ0v) is 19.3. The molecule has 1 aromatic heterocycles. The van der Waals surface area contributed by atoms with Gasteiger partial charge in [0, 0.05) is 36.8 Å². The Bertz CT molecular complexity index is 1200. The van der Waals surface area contributed by atoms with Gasteiger partial charge in [0.15, 0.2) is 5.82 Å². The number of methoxy groups -OCH3 is 2. The quantitative estimate of drug-likeness (QED) is 0.541. The molecule has 0 saturated carbocycles. The van der Waals surface area contributed by atoms with Crippen molar-refractivity contribution in [2.75, 3.05) is 45.3 Å². The van der Waals surface area contributed by atoms with E-state index in [2.05, 4.69) is 10.2 Å². The van der Waals surface area contributed by atoms with E-state index in [9.17, 15) is 8.42 Å². The van der Waals surface area contributed by atoms with Crippen molar-refractivity contribution in [1.29, 1.82) is 0 Å². The second-order valence-electron chi connectivity index (χ2n) is 7.20. The van der Waals surface area contributed by atoms with E-state index in [0.29, 0.717) is 37.0 Å². The van der Waals surface area contributed by atoms with E-state index in [0.717, 1.165) is 17.0 Å². The summed E-state index contributed by atoms with van der Waals surface area (Å²) in [6.07, 6.45) is 0. The third-order valence-electron chi connectivity index (χ3n) is 5.32. The highest BCUT2D eigenvalue weighted by molar-refractivity contribution is 7.89. The smallest absolute Gasteiger partial charge is 0.246 e. The van der Waals surface area contributed by atoms with Crippen LogP contribution in [0.15, 0.2) is 59.5 Å². The van der Waals surface area contributed by atoms with Crippen LogP contribution >= 0.6 is 11.6 Å². The van der Waals surface area contributed by atoms with Gasteiger partial charge in [0.25, 0.3) is 0 Å². The fraction of sp³-hybridized carbons (Fsp3) is 0.273. The summed E-state index contributed by atoms with van der Waals surface area (Å²) < 4.78 is 38.2. The molecule has 10 heteroatoms. The molecule has 1 aliphatic rings. The van der Waals surface area contributed by atoms with Crippen LogP contribution in [0.2, 0.25) is 5.02 Å². The Labute approximate surface area is 192 Å². The van der Waals surface area contributed by atoms with E-state index in [1.807, 2.05) is 41.3 Å². The van der Waals surface area contributed by atoms with Gasteiger partial charge < -0.3 is 14.4 Å². The van der Waals surface area contributed by atoms with Crippen LogP contribution in [0.4, 0.5) is 5.82 Å². The largest absolute Gasteiger partial charge is 0.497 e. The molecular formula is C22H23ClN4O4S. The van der Waals surface area contributed by atoms with Gasteiger partial charge in [-0.25, -0.2) is 8.42 Å². The van der Waals surface area contributed by atoms with Gasteiger partial charge in [-0.3, -0.25) is 0 Å². The number of hydrogen-bond acceptors (Lipinski definition) is 7. The number of anilines is 1. The lowest BCUT2D eigenvalue weighted by molar-refractivity contribution is 0.373. The van der Waals surface area contributed by atoms with Crippen LogP contribution < -0.4 is 14.4 Å². The van der Waals surface area contributed by atoms with Gasteiger partial charge in [0.2, 0.25) is 10.0 Å². The van der Waals surface area contributed by atoms with Crippen LogP contribution in [-0.2, 0) is 10.0 Å². The van der Waals surface area contributed by atoms with Gasteiger partial charge in [0.05, 0.1) is 19.9 Å². The maximum atomic E-state index is 13.1. The van der Waals surface area contributed by atoms with Crippen molar-refractivity contribution in [3.05, 3.63) is 59.6 Å². The first kappa shape index (κ1) is 22.3. The summed E-state index contributed by atoms with van der Waals surface area (Å²) in [6, 6.07) is 16.0. The van der Waals surface area contributed by atoms with Crippen LogP contribution in [-0.4, -0.2) is 63.3 Å². The summed E-state index contributed by atoms with van der Waals surface area (Å²) in [5.74, 6) is 1.73. The van der Waals surface area contributed by atoms with Crippen molar-refractivity contribution < 1.29 is 17.9 Å². The second-order valence-corrected chi connectivity index (χ2v) is 9.54. The Morgan fingerprint density at radius 3 is 2.34 bits per heavy atom. The number of rotatable bonds is 6. The fourth-order valence-corrected chi connectivity index (χ4v) is 5.42. The molecule has 3 aromatic rings. The van der Waals surface area contributed by atoms with Gasteiger partial charge in [-0.15, -0.1) is 10.2 Å². The Morgan fingerprint density at radius 2 is 1.69 bits per heavy atom. The average molecular weight is 475 g/mol. The lowest BCUT2D eigenvalue weighted by Gasteiger charge is -2.34. The lowest BCUT2D eigenvalue weighted by Crippen LogP contribution is -2.49. The van der Waals surface area contributed by atoms with Crippen molar-refractivity contribution >= 4 is 27.4 Å². The fourth-order valence-electron chi connectivity index (χ4n) is 3.58. The van der Waals surface area contributed by atoms with Gasteiger partial charge in [0.1, 0.15) is 16.4 Å². The Kier molecular flexibility index (Phi) is 6.50. The predicted molar refractivity (Wildman–Crippen MR) is 123 cm³/mol. The molecule has 1 fully saturated rings. The van der Waals surface area contributed by atoms with Crippen LogP contribution in [0.1, 0.15) is 0 Å². The van der Waals surface area contributed by atoms with Crippen molar-refractivity contribution in [2.24, 2.45) is 0 Å².